The summed E-state index contributed by atoms with van der Waals surface area (Å²) in [5.74, 6) is 0. The predicted octanol–water partition coefficient (Wildman–Crippen LogP) is 4.45. The van der Waals surface area contributed by atoms with E-state index in [-0.39, 0.29) is 12.1 Å². The lowest BCUT2D eigenvalue weighted by Crippen LogP contribution is -2.43. The molecule has 2 amide bonds. The third kappa shape index (κ3) is 4.09. The standard InChI is InChI=1S/C16H19BrN4OS/c1-21(15(22)18-13-5-3-2-4-6-13)16-20-19-14(23-16)11-7-9-12(17)10-8-11/h7-10,13H,2-6H2,1H3,(H,18,22). The Morgan fingerprint density at radius 1 is 1.22 bits per heavy atom. The van der Waals surface area contributed by atoms with Gasteiger partial charge >= 0.3 is 6.03 Å². The first kappa shape index (κ1) is 16.4. The van der Waals surface area contributed by atoms with Crippen LogP contribution < -0.4 is 10.2 Å². The summed E-state index contributed by atoms with van der Waals surface area (Å²) in [7, 11) is 1.74. The first-order valence-electron chi connectivity index (χ1n) is 7.77. The number of carbonyl (C=O) groups is 1. The van der Waals surface area contributed by atoms with E-state index < -0.39 is 0 Å². The lowest BCUT2D eigenvalue weighted by molar-refractivity contribution is 0.239. The van der Waals surface area contributed by atoms with Crippen LogP contribution in [0, 0.1) is 0 Å². The lowest BCUT2D eigenvalue weighted by atomic mass is 9.96. The Bertz CT molecular complexity index is 667. The van der Waals surface area contributed by atoms with Crippen molar-refractivity contribution in [3.8, 4) is 10.6 Å². The molecule has 1 saturated carbocycles. The largest absolute Gasteiger partial charge is 0.335 e. The van der Waals surface area contributed by atoms with E-state index >= 15 is 0 Å². The van der Waals surface area contributed by atoms with Gasteiger partial charge in [-0.25, -0.2) is 4.79 Å². The van der Waals surface area contributed by atoms with Crippen molar-refractivity contribution >= 4 is 38.4 Å². The highest BCUT2D eigenvalue weighted by molar-refractivity contribution is 9.10. The van der Waals surface area contributed by atoms with E-state index in [1.54, 1.807) is 11.9 Å². The van der Waals surface area contributed by atoms with E-state index in [1.807, 2.05) is 24.3 Å². The molecule has 0 aliphatic heterocycles. The van der Waals surface area contributed by atoms with Gasteiger partial charge in [-0.3, -0.25) is 4.90 Å². The topological polar surface area (TPSA) is 58.1 Å². The number of aromatic nitrogens is 2. The molecule has 1 aliphatic rings. The summed E-state index contributed by atoms with van der Waals surface area (Å²) in [5, 5.41) is 12.9. The second-order valence-corrected chi connectivity index (χ2v) is 7.61. The highest BCUT2D eigenvalue weighted by Crippen LogP contribution is 2.29. The molecule has 1 aromatic heterocycles. The smallest absolute Gasteiger partial charge is 0.323 e. The molecule has 1 heterocycles. The molecule has 122 valence electrons. The van der Waals surface area contributed by atoms with Crippen molar-refractivity contribution in [2.75, 3.05) is 11.9 Å². The van der Waals surface area contributed by atoms with E-state index in [2.05, 4.69) is 31.4 Å². The van der Waals surface area contributed by atoms with Crippen LogP contribution in [0.3, 0.4) is 0 Å². The fourth-order valence-corrected chi connectivity index (χ4v) is 3.74. The zero-order valence-corrected chi connectivity index (χ0v) is 15.4. The van der Waals surface area contributed by atoms with Crippen LogP contribution in [0.5, 0.6) is 0 Å². The molecule has 23 heavy (non-hydrogen) atoms. The molecule has 1 aliphatic carbocycles. The monoisotopic (exact) mass is 394 g/mol. The van der Waals surface area contributed by atoms with Crippen LogP contribution in [0.2, 0.25) is 0 Å². The van der Waals surface area contributed by atoms with Gasteiger partial charge in [-0.15, -0.1) is 10.2 Å². The minimum absolute atomic E-state index is 0.101. The fraction of sp³-hybridized carbons (Fsp3) is 0.438. The first-order chi connectivity index (χ1) is 11.1. The van der Waals surface area contributed by atoms with E-state index in [0.29, 0.717) is 5.13 Å². The average molecular weight is 395 g/mol. The minimum Gasteiger partial charge on any atom is -0.335 e. The Hall–Kier alpha value is -1.47. The van der Waals surface area contributed by atoms with Crippen molar-refractivity contribution in [2.24, 2.45) is 0 Å². The normalized spacial score (nSPS) is 15.4. The second kappa shape index (κ2) is 7.40. The first-order valence-corrected chi connectivity index (χ1v) is 9.38. The van der Waals surface area contributed by atoms with Gasteiger partial charge in [-0.1, -0.05) is 58.7 Å². The zero-order valence-electron chi connectivity index (χ0n) is 13.0. The van der Waals surface area contributed by atoms with Gasteiger partial charge in [0.1, 0.15) is 5.01 Å². The summed E-state index contributed by atoms with van der Waals surface area (Å²) in [4.78, 5) is 13.9. The Labute approximate surface area is 148 Å². The number of carbonyl (C=O) groups excluding carboxylic acids is 1. The van der Waals surface area contributed by atoms with E-state index in [1.165, 1.54) is 30.6 Å². The van der Waals surface area contributed by atoms with Crippen molar-refractivity contribution in [1.82, 2.24) is 15.5 Å². The van der Waals surface area contributed by atoms with Crippen molar-refractivity contribution in [3.63, 3.8) is 0 Å². The van der Waals surface area contributed by atoms with E-state index in [4.69, 9.17) is 0 Å². The van der Waals surface area contributed by atoms with Gasteiger partial charge < -0.3 is 5.32 Å². The summed E-state index contributed by atoms with van der Waals surface area (Å²) < 4.78 is 1.02. The van der Waals surface area contributed by atoms with Gasteiger partial charge in [0.25, 0.3) is 0 Å². The number of rotatable bonds is 3. The molecule has 0 bridgehead atoms. The van der Waals surface area contributed by atoms with E-state index in [9.17, 15) is 4.79 Å². The molecular formula is C16H19BrN4OS. The SMILES string of the molecule is CN(C(=O)NC1CCCCC1)c1nnc(-c2ccc(Br)cc2)s1. The molecule has 7 heteroatoms. The molecule has 1 fully saturated rings. The number of hydrogen-bond donors (Lipinski definition) is 1. The second-order valence-electron chi connectivity index (χ2n) is 5.74. The van der Waals surface area contributed by atoms with Gasteiger partial charge in [-0.2, -0.15) is 0 Å². The number of benzene rings is 1. The Morgan fingerprint density at radius 2 is 1.91 bits per heavy atom. The van der Waals surface area contributed by atoms with Crippen molar-refractivity contribution in [1.29, 1.82) is 0 Å². The number of nitrogens with zero attached hydrogens (tertiary/aromatic N) is 3. The highest BCUT2D eigenvalue weighted by Gasteiger charge is 2.21. The van der Waals surface area contributed by atoms with Crippen LogP contribution in [-0.2, 0) is 0 Å². The molecule has 5 nitrogen and oxygen atoms in total. The maximum Gasteiger partial charge on any atom is 0.323 e. The quantitative estimate of drug-likeness (QED) is 0.836. The predicted molar refractivity (Wildman–Crippen MR) is 96.9 cm³/mol. The lowest BCUT2D eigenvalue weighted by Gasteiger charge is -2.25. The molecule has 3 rings (SSSR count). The van der Waals surface area contributed by atoms with Gasteiger partial charge in [0.2, 0.25) is 5.13 Å². The van der Waals surface area contributed by atoms with Crippen LogP contribution >= 0.6 is 27.3 Å². The Kier molecular flexibility index (Phi) is 5.27. The fourth-order valence-electron chi connectivity index (χ4n) is 2.67. The van der Waals surface area contributed by atoms with Gasteiger partial charge in [0.15, 0.2) is 0 Å². The third-order valence-corrected chi connectivity index (χ3v) is 5.61. The molecule has 1 aromatic carbocycles. The van der Waals surface area contributed by atoms with Crippen molar-refractivity contribution < 1.29 is 4.79 Å². The molecule has 0 atom stereocenters. The molecule has 1 N–H and O–H groups in total. The maximum absolute atomic E-state index is 12.3. The summed E-state index contributed by atoms with van der Waals surface area (Å²) in [6.07, 6.45) is 5.80. The maximum atomic E-state index is 12.3. The minimum atomic E-state index is -0.101. The van der Waals surface area contributed by atoms with E-state index in [0.717, 1.165) is 27.9 Å². The summed E-state index contributed by atoms with van der Waals surface area (Å²) in [6, 6.07) is 8.09. The molecule has 0 spiro atoms. The van der Waals surface area contributed by atoms with Crippen LogP contribution in [0.15, 0.2) is 28.7 Å². The van der Waals surface area contributed by atoms with Crippen molar-refractivity contribution in [2.45, 2.75) is 38.1 Å². The highest BCUT2D eigenvalue weighted by atomic mass is 79.9. The number of anilines is 1. The molecule has 0 saturated heterocycles. The third-order valence-electron chi connectivity index (χ3n) is 4.03. The van der Waals surface area contributed by atoms with Gasteiger partial charge in [0.05, 0.1) is 0 Å². The molecular weight excluding hydrogens is 376 g/mol. The summed E-state index contributed by atoms with van der Waals surface area (Å²) >= 11 is 4.84. The Morgan fingerprint density at radius 3 is 2.61 bits per heavy atom. The number of nitrogens with one attached hydrogen (secondary N) is 1. The van der Waals surface area contributed by atoms with Crippen LogP contribution in [0.1, 0.15) is 32.1 Å². The van der Waals surface area contributed by atoms with Crippen LogP contribution in [0.4, 0.5) is 9.93 Å². The summed E-state index contributed by atoms with van der Waals surface area (Å²) in [5.41, 5.74) is 0.998. The molecule has 0 unspecified atom stereocenters. The van der Waals surface area contributed by atoms with Gasteiger partial charge in [-0.05, 0) is 25.0 Å². The molecule has 2 aromatic rings. The number of amides is 2. The zero-order chi connectivity index (χ0) is 16.2. The number of hydrogen-bond acceptors (Lipinski definition) is 4. The number of urea groups is 1. The average Bonchev–Trinajstić information content (AvgIpc) is 3.05. The summed E-state index contributed by atoms with van der Waals surface area (Å²) in [6.45, 7) is 0. The number of halogens is 1. The Balaban J connectivity index is 1.66. The van der Waals surface area contributed by atoms with Crippen LogP contribution in [0.25, 0.3) is 10.6 Å². The van der Waals surface area contributed by atoms with Gasteiger partial charge in [0, 0.05) is 23.1 Å². The van der Waals surface area contributed by atoms with Crippen molar-refractivity contribution in [3.05, 3.63) is 28.7 Å². The van der Waals surface area contributed by atoms with Crippen LogP contribution in [-0.4, -0.2) is 29.3 Å². The molecule has 0 radical (unpaired) electrons.